The smallest absolute Gasteiger partial charge is 0.258 e. The van der Waals surface area contributed by atoms with Crippen LogP contribution in [0.5, 0.6) is 0 Å². The first-order valence-corrected chi connectivity index (χ1v) is 8.32. The maximum Gasteiger partial charge on any atom is 0.258 e. The van der Waals surface area contributed by atoms with Crippen LogP contribution in [0.4, 0.5) is 0 Å². The van der Waals surface area contributed by atoms with E-state index in [0.717, 1.165) is 24.5 Å². The molecule has 0 aliphatic rings. The normalized spacial score (nSPS) is 11.1. The maximum absolute atomic E-state index is 11.9. The number of H-pyrrole nitrogens is 1. The monoisotopic (exact) mass is 327 g/mol. The van der Waals surface area contributed by atoms with Gasteiger partial charge in [-0.05, 0) is 30.4 Å². The number of nitrogens with zero attached hydrogens (tertiary/aromatic N) is 1. The van der Waals surface area contributed by atoms with Crippen LogP contribution in [0.2, 0.25) is 5.02 Å². The van der Waals surface area contributed by atoms with Crippen LogP contribution in [-0.4, -0.2) is 39.7 Å². The molecule has 5 nitrogen and oxygen atoms in total. The molecule has 21 heavy (non-hydrogen) atoms. The Balaban J connectivity index is 1.89. The van der Waals surface area contributed by atoms with E-state index >= 15 is 0 Å². The second-order valence-electron chi connectivity index (χ2n) is 4.54. The van der Waals surface area contributed by atoms with Gasteiger partial charge in [0.25, 0.3) is 5.56 Å². The molecule has 0 bridgehead atoms. The van der Waals surface area contributed by atoms with E-state index in [1.165, 1.54) is 0 Å². The Labute approximate surface area is 132 Å². The van der Waals surface area contributed by atoms with Crippen LogP contribution in [0.15, 0.2) is 23.0 Å². The number of thioether (sulfide) groups is 1. The predicted molar refractivity (Wildman–Crippen MR) is 88.1 cm³/mol. The van der Waals surface area contributed by atoms with E-state index in [2.05, 4.69) is 15.3 Å². The van der Waals surface area contributed by atoms with Crippen LogP contribution in [0.3, 0.4) is 0 Å². The van der Waals surface area contributed by atoms with Crippen molar-refractivity contribution in [2.24, 2.45) is 0 Å². The zero-order valence-electron chi connectivity index (χ0n) is 11.6. The second kappa shape index (κ2) is 8.38. The highest BCUT2D eigenvalue weighted by Gasteiger charge is 2.04. The Kier molecular flexibility index (Phi) is 6.50. The van der Waals surface area contributed by atoms with E-state index < -0.39 is 0 Å². The Hall–Kier alpha value is -1.08. The molecular formula is C14H18ClN3O2S. The van der Waals surface area contributed by atoms with Gasteiger partial charge in [0.05, 0.1) is 17.4 Å². The molecule has 2 aromatic rings. The summed E-state index contributed by atoms with van der Waals surface area (Å²) in [5, 5.41) is 13.0. The number of hydrogen-bond donors (Lipinski definition) is 3. The van der Waals surface area contributed by atoms with Crippen molar-refractivity contribution >= 4 is 34.3 Å². The number of nitrogens with one attached hydrogen (secondary N) is 2. The summed E-state index contributed by atoms with van der Waals surface area (Å²) in [7, 11) is 0. The Bertz CT molecular complexity index is 648. The molecule has 0 amide bonds. The molecule has 0 fully saturated rings. The Morgan fingerprint density at radius 3 is 3.05 bits per heavy atom. The van der Waals surface area contributed by atoms with Crippen LogP contribution < -0.4 is 10.9 Å². The van der Waals surface area contributed by atoms with E-state index in [1.54, 1.807) is 30.0 Å². The number of halogens is 1. The van der Waals surface area contributed by atoms with E-state index in [-0.39, 0.29) is 12.2 Å². The summed E-state index contributed by atoms with van der Waals surface area (Å²) in [4.78, 5) is 19.1. The van der Waals surface area contributed by atoms with Crippen LogP contribution in [0.25, 0.3) is 10.9 Å². The molecule has 0 aliphatic heterocycles. The minimum absolute atomic E-state index is 0.147. The third kappa shape index (κ3) is 5.00. The summed E-state index contributed by atoms with van der Waals surface area (Å²) in [6.45, 7) is 1.58. The molecule has 0 spiro atoms. The van der Waals surface area contributed by atoms with Crippen molar-refractivity contribution in [3.8, 4) is 0 Å². The molecule has 1 aromatic carbocycles. The average Bonchev–Trinajstić information content (AvgIpc) is 2.46. The molecule has 0 atom stereocenters. The first-order chi connectivity index (χ1) is 10.2. The van der Waals surface area contributed by atoms with Gasteiger partial charge in [-0.15, -0.1) is 0 Å². The van der Waals surface area contributed by atoms with Gasteiger partial charge in [-0.1, -0.05) is 11.6 Å². The SMILES string of the molecule is O=c1[nH]c(CNCCSCCCO)nc2cc(Cl)ccc12. The van der Waals surface area contributed by atoms with E-state index in [1.807, 2.05) is 0 Å². The van der Waals surface area contributed by atoms with Crippen molar-refractivity contribution < 1.29 is 5.11 Å². The van der Waals surface area contributed by atoms with Gasteiger partial charge in [-0.25, -0.2) is 4.98 Å². The molecule has 2 rings (SSSR count). The summed E-state index contributed by atoms with van der Waals surface area (Å²) in [5.74, 6) is 2.53. The van der Waals surface area contributed by atoms with Gasteiger partial charge in [0.2, 0.25) is 0 Å². The van der Waals surface area contributed by atoms with Crippen molar-refractivity contribution in [2.45, 2.75) is 13.0 Å². The van der Waals surface area contributed by atoms with E-state index in [4.69, 9.17) is 16.7 Å². The topological polar surface area (TPSA) is 78.0 Å². The number of benzene rings is 1. The quantitative estimate of drug-likeness (QED) is 0.644. The zero-order chi connectivity index (χ0) is 15.1. The van der Waals surface area contributed by atoms with Crippen LogP contribution in [0.1, 0.15) is 12.2 Å². The fraction of sp³-hybridized carbons (Fsp3) is 0.429. The molecular weight excluding hydrogens is 310 g/mol. The maximum atomic E-state index is 11.9. The van der Waals surface area contributed by atoms with E-state index in [0.29, 0.717) is 28.3 Å². The summed E-state index contributed by atoms with van der Waals surface area (Å²) in [6.07, 6.45) is 0.824. The number of aliphatic hydroxyl groups excluding tert-OH is 1. The lowest BCUT2D eigenvalue weighted by molar-refractivity contribution is 0.296. The summed E-state index contributed by atoms with van der Waals surface area (Å²) >= 11 is 7.71. The summed E-state index contributed by atoms with van der Waals surface area (Å²) in [6, 6.07) is 5.06. The van der Waals surface area contributed by atoms with Gasteiger partial charge in [-0.3, -0.25) is 4.79 Å². The average molecular weight is 328 g/mol. The lowest BCUT2D eigenvalue weighted by atomic mass is 10.2. The molecule has 7 heteroatoms. The fourth-order valence-corrected chi connectivity index (χ4v) is 2.86. The predicted octanol–water partition coefficient (Wildman–Crippen LogP) is 1.78. The van der Waals surface area contributed by atoms with Gasteiger partial charge in [0.15, 0.2) is 0 Å². The van der Waals surface area contributed by atoms with Gasteiger partial charge in [-0.2, -0.15) is 11.8 Å². The van der Waals surface area contributed by atoms with Crippen LogP contribution in [0, 0.1) is 0 Å². The van der Waals surface area contributed by atoms with E-state index in [9.17, 15) is 4.79 Å². The number of aromatic amines is 1. The van der Waals surface area contributed by atoms with Gasteiger partial charge >= 0.3 is 0 Å². The molecule has 0 unspecified atom stereocenters. The molecule has 1 heterocycles. The minimum Gasteiger partial charge on any atom is -0.396 e. The summed E-state index contributed by atoms with van der Waals surface area (Å²) < 4.78 is 0. The number of fused-ring (bicyclic) bond motifs is 1. The van der Waals surface area contributed by atoms with Crippen LogP contribution in [-0.2, 0) is 6.54 Å². The van der Waals surface area contributed by atoms with Gasteiger partial charge < -0.3 is 15.4 Å². The molecule has 0 aliphatic carbocycles. The van der Waals surface area contributed by atoms with Crippen molar-refractivity contribution in [3.05, 3.63) is 39.4 Å². The number of aliphatic hydroxyl groups is 1. The first kappa shape index (κ1) is 16.3. The molecule has 114 valence electrons. The lowest BCUT2D eigenvalue weighted by Gasteiger charge is -2.05. The van der Waals surface area contributed by atoms with Crippen LogP contribution >= 0.6 is 23.4 Å². The highest BCUT2D eigenvalue weighted by molar-refractivity contribution is 7.99. The lowest BCUT2D eigenvalue weighted by Crippen LogP contribution is -2.21. The van der Waals surface area contributed by atoms with Gasteiger partial charge in [0, 0.05) is 23.9 Å². The molecule has 0 saturated heterocycles. The third-order valence-electron chi connectivity index (χ3n) is 2.88. The number of aromatic nitrogens is 2. The summed E-state index contributed by atoms with van der Waals surface area (Å²) in [5.41, 5.74) is 0.464. The number of hydrogen-bond acceptors (Lipinski definition) is 5. The third-order valence-corrected chi connectivity index (χ3v) is 4.19. The highest BCUT2D eigenvalue weighted by Crippen LogP contribution is 2.14. The standard InChI is InChI=1S/C14H18ClN3O2S/c15-10-2-3-11-12(8-10)17-13(18-14(11)20)9-16-4-7-21-6-1-5-19/h2-3,8,16,19H,1,4-7,9H2,(H,17,18,20). The molecule has 1 aromatic heterocycles. The van der Waals surface area contributed by atoms with Gasteiger partial charge in [0.1, 0.15) is 5.82 Å². The Morgan fingerprint density at radius 1 is 1.38 bits per heavy atom. The van der Waals surface area contributed by atoms with Crippen molar-refractivity contribution in [1.29, 1.82) is 0 Å². The van der Waals surface area contributed by atoms with Crippen molar-refractivity contribution in [3.63, 3.8) is 0 Å². The number of rotatable bonds is 8. The zero-order valence-corrected chi connectivity index (χ0v) is 13.1. The molecule has 0 saturated carbocycles. The Morgan fingerprint density at radius 2 is 2.24 bits per heavy atom. The van der Waals surface area contributed by atoms with Crippen molar-refractivity contribution in [1.82, 2.24) is 15.3 Å². The largest absolute Gasteiger partial charge is 0.396 e. The van der Waals surface area contributed by atoms with Crippen molar-refractivity contribution in [2.75, 3.05) is 24.7 Å². The molecule has 0 radical (unpaired) electrons. The first-order valence-electron chi connectivity index (χ1n) is 6.78. The fourth-order valence-electron chi connectivity index (χ4n) is 1.86. The minimum atomic E-state index is -0.147. The molecule has 3 N–H and O–H groups in total. The highest BCUT2D eigenvalue weighted by atomic mass is 35.5. The second-order valence-corrected chi connectivity index (χ2v) is 6.20.